The summed E-state index contributed by atoms with van der Waals surface area (Å²) in [4.78, 5) is 0. The van der Waals surface area contributed by atoms with E-state index in [1.54, 1.807) is 18.0 Å². The maximum atomic E-state index is 5.65. The molecule has 0 N–H and O–H groups in total. The van der Waals surface area contributed by atoms with Crippen molar-refractivity contribution in [3.63, 3.8) is 0 Å². The largest absolute Gasteiger partial charge is 0.493 e. The number of methoxy groups -OCH3 is 1. The molecule has 0 saturated carbocycles. The van der Waals surface area contributed by atoms with E-state index in [0.717, 1.165) is 16.5 Å². The second-order valence-corrected chi connectivity index (χ2v) is 4.88. The average Bonchev–Trinajstić information content (AvgIpc) is 2.86. The number of para-hydroxylation sites is 1. The van der Waals surface area contributed by atoms with E-state index in [1.165, 1.54) is 11.8 Å². The third-order valence-electron chi connectivity index (χ3n) is 2.78. The number of benzene rings is 1. The van der Waals surface area contributed by atoms with Gasteiger partial charge in [-0.3, -0.25) is 0 Å². The lowest BCUT2D eigenvalue weighted by atomic mass is 10.2. The lowest BCUT2D eigenvalue weighted by molar-refractivity contribution is 0.310. The summed E-state index contributed by atoms with van der Waals surface area (Å²) in [7, 11) is 1.62. The van der Waals surface area contributed by atoms with Crippen molar-refractivity contribution in [2.75, 3.05) is 20.0 Å². The number of rotatable bonds is 6. The molecule has 0 aliphatic rings. The monoisotopic (exact) mass is 306 g/mol. The van der Waals surface area contributed by atoms with E-state index in [9.17, 15) is 0 Å². The second kappa shape index (κ2) is 7.12. The van der Waals surface area contributed by atoms with Crippen molar-refractivity contribution < 1.29 is 9.47 Å². The molecular weight excluding hydrogens is 288 g/mol. The molecule has 0 bridgehead atoms. The standard InChI is InChI=1S/C14H18N4O2S/c1-5-20-13-11(7-6-8-12(13)19-3)9-15-18-10(2)16-17-14(18)21-4/h6-9H,5H2,1-4H3/b15-9-. The highest BCUT2D eigenvalue weighted by Gasteiger charge is 2.10. The Morgan fingerprint density at radius 2 is 2.19 bits per heavy atom. The smallest absolute Gasteiger partial charge is 0.211 e. The summed E-state index contributed by atoms with van der Waals surface area (Å²) >= 11 is 1.49. The number of ether oxygens (including phenoxy) is 2. The minimum Gasteiger partial charge on any atom is -0.493 e. The van der Waals surface area contributed by atoms with Crippen LogP contribution in [0.5, 0.6) is 11.5 Å². The molecule has 0 amide bonds. The van der Waals surface area contributed by atoms with Gasteiger partial charge in [0.2, 0.25) is 5.16 Å². The number of aromatic nitrogens is 3. The van der Waals surface area contributed by atoms with E-state index in [-0.39, 0.29) is 0 Å². The predicted octanol–water partition coefficient (Wildman–Crippen LogP) is 2.60. The number of nitrogens with zero attached hydrogens (tertiary/aromatic N) is 4. The van der Waals surface area contributed by atoms with Gasteiger partial charge < -0.3 is 9.47 Å². The molecule has 0 radical (unpaired) electrons. The Morgan fingerprint density at radius 3 is 2.86 bits per heavy atom. The molecule has 7 heteroatoms. The Hall–Kier alpha value is -2.02. The van der Waals surface area contributed by atoms with Gasteiger partial charge in [-0.25, -0.2) is 0 Å². The summed E-state index contributed by atoms with van der Waals surface area (Å²) < 4.78 is 12.7. The van der Waals surface area contributed by atoms with Crippen LogP contribution >= 0.6 is 11.8 Å². The molecule has 0 fully saturated rings. The van der Waals surface area contributed by atoms with Crippen LogP contribution in [0, 0.1) is 6.92 Å². The summed E-state index contributed by atoms with van der Waals surface area (Å²) in [6, 6.07) is 5.69. The van der Waals surface area contributed by atoms with Gasteiger partial charge in [-0.1, -0.05) is 17.8 Å². The van der Waals surface area contributed by atoms with Gasteiger partial charge in [-0.05, 0) is 32.2 Å². The highest BCUT2D eigenvalue weighted by Crippen LogP contribution is 2.30. The maximum Gasteiger partial charge on any atom is 0.211 e. The molecule has 112 valence electrons. The van der Waals surface area contributed by atoms with E-state index in [4.69, 9.17) is 9.47 Å². The number of hydrogen-bond donors (Lipinski definition) is 0. The number of thioether (sulfide) groups is 1. The third-order valence-corrected chi connectivity index (χ3v) is 3.40. The van der Waals surface area contributed by atoms with Crippen LogP contribution in [0.4, 0.5) is 0 Å². The lowest BCUT2D eigenvalue weighted by Crippen LogP contribution is -2.01. The molecule has 1 aromatic carbocycles. The number of aryl methyl sites for hydroxylation is 1. The summed E-state index contributed by atoms with van der Waals surface area (Å²) in [5.41, 5.74) is 0.844. The zero-order chi connectivity index (χ0) is 15.2. The first-order valence-electron chi connectivity index (χ1n) is 6.51. The van der Waals surface area contributed by atoms with Crippen LogP contribution in [0.3, 0.4) is 0 Å². The zero-order valence-electron chi connectivity index (χ0n) is 12.5. The van der Waals surface area contributed by atoms with Crippen LogP contribution in [0.2, 0.25) is 0 Å². The van der Waals surface area contributed by atoms with Crippen LogP contribution in [-0.2, 0) is 0 Å². The quantitative estimate of drug-likeness (QED) is 0.606. The fourth-order valence-corrected chi connectivity index (χ4v) is 2.29. The highest BCUT2D eigenvalue weighted by atomic mass is 32.2. The van der Waals surface area contributed by atoms with Crippen LogP contribution in [-0.4, -0.2) is 41.1 Å². The van der Waals surface area contributed by atoms with Gasteiger partial charge >= 0.3 is 0 Å². The van der Waals surface area contributed by atoms with Crippen molar-refractivity contribution in [1.82, 2.24) is 14.9 Å². The number of hydrogen-bond acceptors (Lipinski definition) is 6. The Bertz CT molecular complexity index is 640. The topological polar surface area (TPSA) is 61.5 Å². The molecule has 2 rings (SSSR count). The summed E-state index contributed by atoms with van der Waals surface area (Å²) in [5, 5.41) is 13.2. The predicted molar refractivity (Wildman–Crippen MR) is 83.7 cm³/mol. The van der Waals surface area contributed by atoms with Crippen molar-refractivity contribution in [1.29, 1.82) is 0 Å². The third kappa shape index (κ3) is 3.36. The molecule has 2 aromatic rings. The van der Waals surface area contributed by atoms with Crippen molar-refractivity contribution in [3.05, 3.63) is 29.6 Å². The summed E-state index contributed by atoms with van der Waals surface area (Å²) in [5.74, 6) is 2.10. The van der Waals surface area contributed by atoms with Gasteiger partial charge in [0, 0.05) is 5.56 Å². The molecule has 0 saturated heterocycles. The first kappa shape index (κ1) is 15.4. The molecule has 0 aliphatic carbocycles. The van der Waals surface area contributed by atoms with Gasteiger partial charge in [-0.2, -0.15) is 9.78 Å². The first-order chi connectivity index (χ1) is 10.2. The zero-order valence-corrected chi connectivity index (χ0v) is 13.3. The van der Waals surface area contributed by atoms with E-state index in [1.807, 2.05) is 38.3 Å². The van der Waals surface area contributed by atoms with E-state index in [0.29, 0.717) is 18.1 Å². The fraction of sp³-hybridized carbons (Fsp3) is 0.357. The summed E-state index contributed by atoms with van der Waals surface area (Å²) in [6.45, 7) is 4.35. The fourth-order valence-electron chi connectivity index (χ4n) is 1.81. The molecule has 0 atom stereocenters. The molecule has 0 unspecified atom stereocenters. The van der Waals surface area contributed by atoms with E-state index < -0.39 is 0 Å². The molecular formula is C14H18N4O2S. The van der Waals surface area contributed by atoms with Crippen molar-refractivity contribution >= 4 is 18.0 Å². The summed E-state index contributed by atoms with van der Waals surface area (Å²) in [6.07, 6.45) is 3.66. The van der Waals surface area contributed by atoms with Crippen molar-refractivity contribution in [2.24, 2.45) is 5.10 Å². The van der Waals surface area contributed by atoms with Crippen LogP contribution in [0.25, 0.3) is 0 Å². The maximum absolute atomic E-state index is 5.65. The van der Waals surface area contributed by atoms with Gasteiger partial charge in [-0.15, -0.1) is 10.2 Å². The van der Waals surface area contributed by atoms with Crippen LogP contribution in [0.15, 0.2) is 28.5 Å². The minimum absolute atomic E-state index is 0.558. The minimum atomic E-state index is 0.558. The first-order valence-corrected chi connectivity index (χ1v) is 7.73. The van der Waals surface area contributed by atoms with Crippen molar-refractivity contribution in [2.45, 2.75) is 19.0 Å². The molecule has 21 heavy (non-hydrogen) atoms. The lowest BCUT2D eigenvalue weighted by Gasteiger charge is -2.11. The highest BCUT2D eigenvalue weighted by molar-refractivity contribution is 7.98. The molecule has 0 spiro atoms. The van der Waals surface area contributed by atoms with Gasteiger partial charge in [0.25, 0.3) is 0 Å². The van der Waals surface area contributed by atoms with Crippen LogP contribution < -0.4 is 9.47 Å². The van der Waals surface area contributed by atoms with Gasteiger partial charge in [0.15, 0.2) is 17.3 Å². The Kier molecular flexibility index (Phi) is 5.21. The Labute approximate surface area is 128 Å². The average molecular weight is 306 g/mol. The SMILES string of the molecule is CCOc1c(/C=N\n2c(C)nnc2SC)cccc1OC. The molecule has 0 aliphatic heterocycles. The Morgan fingerprint density at radius 1 is 1.38 bits per heavy atom. The Balaban J connectivity index is 2.38. The van der Waals surface area contributed by atoms with E-state index >= 15 is 0 Å². The molecule has 1 heterocycles. The molecule has 6 nitrogen and oxygen atoms in total. The van der Waals surface area contributed by atoms with Gasteiger partial charge in [0.05, 0.1) is 19.9 Å². The van der Waals surface area contributed by atoms with Gasteiger partial charge in [0.1, 0.15) is 0 Å². The van der Waals surface area contributed by atoms with E-state index in [2.05, 4.69) is 15.3 Å². The van der Waals surface area contributed by atoms with Crippen LogP contribution in [0.1, 0.15) is 18.3 Å². The normalized spacial score (nSPS) is 11.0. The van der Waals surface area contributed by atoms with Crippen molar-refractivity contribution in [3.8, 4) is 11.5 Å². The molecule has 1 aromatic heterocycles. The second-order valence-electron chi connectivity index (χ2n) is 4.10.